The van der Waals surface area contributed by atoms with Crippen molar-refractivity contribution in [2.75, 3.05) is 11.9 Å². The topological polar surface area (TPSA) is 75.9 Å². The SMILES string of the molecule is O[C@@H](CNc1ncnc2c1ncn2C1CC1)c1ccc(F)cc1. The number of imidazole rings is 1. The molecule has 0 saturated heterocycles. The van der Waals surface area contributed by atoms with E-state index in [1.807, 2.05) is 0 Å². The summed E-state index contributed by atoms with van der Waals surface area (Å²) in [6.45, 7) is 0.258. The molecule has 2 heterocycles. The number of anilines is 1. The zero-order valence-electron chi connectivity index (χ0n) is 12.4. The van der Waals surface area contributed by atoms with Gasteiger partial charge in [0.15, 0.2) is 11.5 Å². The number of nitrogens with one attached hydrogen (secondary N) is 1. The number of aliphatic hydroxyl groups is 1. The lowest BCUT2D eigenvalue weighted by Crippen LogP contribution is -2.13. The fraction of sp³-hybridized carbons (Fsp3) is 0.312. The normalized spacial score (nSPS) is 15.7. The van der Waals surface area contributed by atoms with Crippen LogP contribution in [0.2, 0.25) is 0 Å². The average Bonchev–Trinajstić information content (AvgIpc) is 3.32. The second-order valence-electron chi connectivity index (χ2n) is 5.73. The van der Waals surface area contributed by atoms with Crippen LogP contribution in [0.3, 0.4) is 0 Å². The first-order chi connectivity index (χ1) is 11.2. The largest absolute Gasteiger partial charge is 0.387 e. The Kier molecular flexibility index (Phi) is 3.42. The van der Waals surface area contributed by atoms with Crippen LogP contribution in [0, 0.1) is 5.82 Å². The standard InChI is InChI=1S/C16H16FN5O/c17-11-3-1-10(2-4-11)13(23)7-18-15-14-16(20-8-19-15)22(9-21-14)12-5-6-12/h1-4,8-9,12-13,23H,5-7H2,(H,18,19,20)/t13-/m0/s1. The van der Waals surface area contributed by atoms with Crippen LogP contribution in [-0.2, 0) is 0 Å². The Morgan fingerprint density at radius 3 is 2.74 bits per heavy atom. The number of aromatic nitrogens is 4. The summed E-state index contributed by atoms with van der Waals surface area (Å²) in [4.78, 5) is 12.9. The van der Waals surface area contributed by atoms with Gasteiger partial charge in [0.25, 0.3) is 0 Å². The maximum atomic E-state index is 12.9. The van der Waals surface area contributed by atoms with Crippen LogP contribution in [0.1, 0.15) is 30.6 Å². The highest BCUT2D eigenvalue weighted by atomic mass is 19.1. The molecule has 23 heavy (non-hydrogen) atoms. The van der Waals surface area contributed by atoms with E-state index >= 15 is 0 Å². The third kappa shape index (κ3) is 2.75. The second-order valence-corrected chi connectivity index (χ2v) is 5.73. The van der Waals surface area contributed by atoms with Gasteiger partial charge in [-0.05, 0) is 30.5 Å². The zero-order valence-corrected chi connectivity index (χ0v) is 12.4. The van der Waals surface area contributed by atoms with E-state index in [1.54, 1.807) is 18.5 Å². The van der Waals surface area contributed by atoms with Crippen LogP contribution >= 0.6 is 0 Å². The van der Waals surface area contributed by atoms with Crippen LogP contribution in [0.5, 0.6) is 0 Å². The average molecular weight is 313 g/mol. The molecule has 1 saturated carbocycles. The number of fused-ring (bicyclic) bond motifs is 1. The van der Waals surface area contributed by atoms with Crippen molar-refractivity contribution in [1.29, 1.82) is 0 Å². The first-order valence-electron chi connectivity index (χ1n) is 7.57. The Bertz CT molecular complexity index is 828. The Labute approximate surface area is 132 Å². The summed E-state index contributed by atoms with van der Waals surface area (Å²) in [6.07, 6.45) is 4.84. The van der Waals surface area contributed by atoms with Gasteiger partial charge < -0.3 is 15.0 Å². The van der Waals surface area contributed by atoms with Crippen molar-refractivity contribution in [1.82, 2.24) is 19.5 Å². The van der Waals surface area contributed by atoms with Crippen LogP contribution in [0.15, 0.2) is 36.9 Å². The Balaban J connectivity index is 1.52. The number of halogens is 1. The highest BCUT2D eigenvalue weighted by molar-refractivity contribution is 5.82. The van der Waals surface area contributed by atoms with E-state index in [-0.39, 0.29) is 12.4 Å². The monoisotopic (exact) mass is 313 g/mol. The van der Waals surface area contributed by atoms with E-state index in [1.165, 1.54) is 18.5 Å². The molecule has 0 bridgehead atoms. The Hall–Kier alpha value is -2.54. The Morgan fingerprint density at radius 2 is 2.00 bits per heavy atom. The van der Waals surface area contributed by atoms with Gasteiger partial charge in [-0.15, -0.1) is 0 Å². The molecule has 3 aromatic rings. The number of benzene rings is 1. The minimum atomic E-state index is -0.758. The van der Waals surface area contributed by atoms with Gasteiger partial charge in [-0.3, -0.25) is 0 Å². The van der Waals surface area contributed by atoms with E-state index in [2.05, 4.69) is 24.8 Å². The van der Waals surface area contributed by atoms with Gasteiger partial charge in [-0.25, -0.2) is 19.3 Å². The molecule has 0 unspecified atom stereocenters. The van der Waals surface area contributed by atoms with Gasteiger partial charge >= 0.3 is 0 Å². The molecule has 4 rings (SSSR count). The van der Waals surface area contributed by atoms with Gasteiger partial charge in [-0.2, -0.15) is 0 Å². The van der Waals surface area contributed by atoms with Gasteiger partial charge in [0.2, 0.25) is 0 Å². The lowest BCUT2D eigenvalue weighted by atomic mass is 10.1. The highest BCUT2D eigenvalue weighted by Gasteiger charge is 2.26. The van der Waals surface area contributed by atoms with Crippen molar-refractivity contribution >= 4 is 17.0 Å². The van der Waals surface area contributed by atoms with Crippen LogP contribution in [0.25, 0.3) is 11.2 Å². The number of hydrogen-bond acceptors (Lipinski definition) is 5. The summed E-state index contributed by atoms with van der Waals surface area (Å²) < 4.78 is 15.0. The lowest BCUT2D eigenvalue weighted by Gasteiger charge is -2.12. The maximum absolute atomic E-state index is 12.9. The summed E-state index contributed by atoms with van der Waals surface area (Å²) in [5.41, 5.74) is 2.15. The van der Waals surface area contributed by atoms with Crippen molar-refractivity contribution in [2.24, 2.45) is 0 Å². The molecule has 1 fully saturated rings. The number of rotatable bonds is 5. The van der Waals surface area contributed by atoms with Gasteiger partial charge in [0.05, 0.1) is 12.4 Å². The quantitative estimate of drug-likeness (QED) is 0.756. The third-order valence-corrected chi connectivity index (χ3v) is 4.02. The van der Waals surface area contributed by atoms with E-state index in [4.69, 9.17) is 0 Å². The summed E-state index contributed by atoms with van der Waals surface area (Å²) in [5, 5.41) is 13.3. The minimum Gasteiger partial charge on any atom is -0.387 e. The van der Waals surface area contributed by atoms with Crippen LogP contribution in [0.4, 0.5) is 10.2 Å². The van der Waals surface area contributed by atoms with E-state index in [0.717, 1.165) is 18.5 Å². The second kappa shape index (κ2) is 5.58. The maximum Gasteiger partial charge on any atom is 0.165 e. The van der Waals surface area contributed by atoms with Gasteiger partial charge in [-0.1, -0.05) is 12.1 Å². The van der Waals surface area contributed by atoms with Crippen LogP contribution in [-0.4, -0.2) is 31.2 Å². The summed E-state index contributed by atoms with van der Waals surface area (Å²) in [6, 6.07) is 6.29. The lowest BCUT2D eigenvalue weighted by molar-refractivity contribution is 0.191. The molecule has 1 aliphatic carbocycles. The first-order valence-corrected chi connectivity index (χ1v) is 7.57. The summed E-state index contributed by atoms with van der Waals surface area (Å²) >= 11 is 0. The molecule has 0 amide bonds. The molecule has 2 aromatic heterocycles. The molecule has 1 aliphatic rings. The molecule has 0 radical (unpaired) electrons. The molecule has 0 aliphatic heterocycles. The number of nitrogens with zero attached hydrogens (tertiary/aromatic N) is 4. The van der Waals surface area contributed by atoms with E-state index in [9.17, 15) is 9.50 Å². The predicted octanol–water partition coefficient (Wildman–Crippen LogP) is 2.45. The van der Waals surface area contributed by atoms with Crippen molar-refractivity contribution in [3.8, 4) is 0 Å². The zero-order chi connectivity index (χ0) is 15.8. The smallest absolute Gasteiger partial charge is 0.165 e. The third-order valence-electron chi connectivity index (χ3n) is 4.02. The molecule has 7 heteroatoms. The Morgan fingerprint density at radius 1 is 1.22 bits per heavy atom. The molecular formula is C16H16FN5O. The van der Waals surface area contributed by atoms with E-state index in [0.29, 0.717) is 22.9 Å². The fourth-order valence-electron chi connectivity index (χ4n) is 2.60. The van der Waals surface area contributed by atoms with Crippen molar-refractivity contribution in [2.45, 2.75) is 25.0 Å². The molecular weight excluding hydrogens is 297 g/mol. The van der Waals surface area contributed by atoms with Crippen molar-refractivity contribution in [3.63, 3.8) is 0 Å². The molecule has 1 atom stereocenters. The summed E-state index contributed by atoms with van der Waals surface area (Å²) in [7, 11) is 0. The fourth-order valence-corrected chi connectivity index (χ4v) is 2.60. The number of hydrogen-bond donors (Lipinski definition) is 2. The van der Waals surface area contributed by atoms with Gasteiger partial charge in [0, 0.05) is 12.6 Å². The predicted molar refractivity (Wildman–Crippen MR) is 83.4 cm³/mol. The highest BCUT2D eigenvalue weighted by Crippen LogP contribution is 2.37. The van der Waals surface area contributed by atoms with Crippen molar-refractivity contribution < 1.29 is 9.50 Å². The van der Waals surface area contributed by atoms with Crippen molar-refractivity contribution in [3.05, 3.63) is 48.3 Å². The summed E-state index contributed by atoms with van der Waals surface area (Å²) in [5.74, 6) is 0.271. The molecule has 1 aromatic carbocycles. The van der Waals surface area contributed by atoms with Crippen LogP contribution < -0.4 is 5.32 Å². The molecule has 118 valence electrons. The molecule has 0 spiro atoms. The molecule has 2 N–H and O–H groups in total. The number of aliphatic hydroxyl groups excluding tert-OH is 1. The molecule has 6 nitrogen and oxygen atoms in total. The first kappa shape index (κ1) is 14.1. The van der Waals surface area contributed by atoms with Gasteiger partial charge in [0.1, 0.15) is 17.7 Å². The van der Waals surface area contributed by atoms with E-state index < -0.39 is 6.10 Å². The minimum absolute atomic E-state index is 0.258.